The van der Waals surface area contributed by atoms with Crippen LogP contribution in [0.25, 0.3) is 0 Å². The maximum Gasteiger partial charge on any atom is 0.0650 e. The number of hydrazine groups is 1. The first-order valence-electron chi connectivity index (χ1n) is 1.95. The number of hydrogen-bond acceptors (Lipinski definition) is 3. The maximum absolute atomic E-state index is 5.23. The maximum atomic E-state index is 5.23. The second-order valence-electron chi connectivity index (χ2n) is 1.18. The van der Waals surface area contributed by atoms with Gasteiger partial charge in [0.25, 0.3) is 0 Å². The second kappa shape index (κ2) is 3.08. The normalized spacial score (nSPS) is 14.5. The van der Waals surface area contributed by atoms with E-state index in [4.69, 9.17) is 5.73 Å². The lowest BCUT2D eigenvalue weighted by Crippen LogP contribution is -2.41. The Morgan fingerprint density at radius 1 is 1.67 bits per heavy atom. The molecule has 0 heterocycles. The van der Waals surface area contributed by atoms with Gasteiger partial charge in [-0.2, -0.15) is 0 Å². The Morgan fingerprint density at radius 3 is 2.17 bits per heavy atom. The summed E-state index contributed by atoms with van der Waals surface area (Å²) in [6.45, 7) is 1.86. The van der Waals surface area contributed by atoms with Crippen LogP contribution in [0.4, 0.5) is 0 Å². The first kappa shape index (κ1) is 5.88. The van der Waals surface area contributed by atoms with Crippen LogP contribution in [0.1, 0.15) is 6.92 Å². The van der Waals surface area contributed by atoms with Gasteiger partial charge in [0.05, 0.1) is 6.17 Å². The average molecular weight is 89.1 g/mol. The third-order valence-corrected chi connectivity index (χ3v) is 0.372. The van der Waals surface area contributed by atoms with Gasteiger partial charge < -0.3 is 5.73 Å². The third-order valence-electron chi connectivity index (χ3n) is 0.372. The molecule has 0 spiro atoms. The van der Waals surface area contributed by atoms with Crippen molar-refractivity contribution in [2.24, 2.45) is 5.73 Å². The fourth-order valence-electron chi connectivity index (χ4n) is 0.228. The highest BCUT2D eigenvalue weighted by Crippen LogP contribution is 1.53. The van der Waals surface area contributed by atoms with Crippen LogP contribution in [0, 0.1) is 0 Å². The summed E-state index contributed by atoms with van der Waals surface area (Å²) in [5.41, 5.74) is 10.7. The Labute approximate surface area is 37.9 Å². The van der Waals surface area contributed by atoms with E-state index in [0.29, 0.717) is 0 Å². The first-order chi connectivity index (χ1) is 2.77. The van der Waals surface area contributed by atoms with E-state index >= 15 is 0 Å². The average Bonchev–Trinajstić information content (AvgIpc) is 1.35. The third kappa shape index (κ3) is 3.88. The lowest BCUT2D eigenvalue weighted by Gasteiger charge is -2.02. The van der Waals surface area contributed by atoms with E-state index in [1.54, 1.807) is 7.05 Å². The van der Waals surface area contributed by atoms with Crippen molar-refractivity contribution in [3.8, 4) is 0 Å². The highest BCUT2D eigenvalue weighted by molar-refractivity contribution is 4.38. The molecule has 3 nitrogen and oxygen atoms in total. The van der Waals surface area contributed by atoms with Crippen LogP contribution in [0.2, 0.25) is 0 Å². The Balaban J connectivity index is 2.63. The van der Waals surface area contributed by atoms with E-state index in [9.17, 15) is 0 Å². The molecule has 0 fully saturated rings. The molecule has 0 aliphatic rings. The Hall–Kier alpha value is -0.120. The van der Waals surface area contributed by atoms with Gasteiger partial charge in [-0.05, 0) is 14.0 Å². The smallest absolute Gasteiger partial charge is 0.0650 e. The lowest BCUT2D eigenvalue weighted by molar-refractivity contribution is 0.501. The SMILES string of the molecule is CNNC(C)N. The molecule has 0 amide bonds. The van der Waals surface area contributed by atoms with Crippen molar-refractivity contribution in [3.05, 3.63) is 0 Å². The summed E-state index contributed by atoms with van der Waals surface area (Å²) in [6, 6.07) is 0. The lowest BCUT2D eigenvalue weighted by atomic mass is 10.6. The van der Waals surface area contributed by atoms with Crippen LogP contribution in [0.15, 0.2) is 0 Å². The van der Waals surface area contributed by atoms with Gasteiger partial charge in [0.2, 0.25) is 0 Å². The van der Waals surface area contributed by atoms with E-state index < -0.39 is 0 Å². The minimum atomic E-state index is 0.0370. The molecule has 0 saturated carbocycles. The Bertz CT molecular complexity index is 27.2. The number of rotatable bonds is 2. The zero-order valence-corrected chi connectivity index (χ0v) is 4.15. The van der Waals surface area contributed by atoms with Crippen molar-refractivity contribution in [3.63, 3.8) is 0 Å². The summed E-state index contributed by atoms with van der Waals surface area (Å²) >= 11 is 0. The molecule has 1 unspecified atom stereocenters. The van der Waals surface area contributed by atoms with Gasteiger partial charge in [0.15, 0.2) is 0 Å². The van der Waals surface area contributed by atoms with E-state index in [0.717, 1.165) is 0 Å². The molecule has 0 aromatic rings. The monoisotopic (exact) mass is 89.1 g/mol. The number of hydrogen-bond donors (Lipinski definition) is 3. The van der Waals surface area contributed by atoms with Crippen molar-refractivity contribution in [1.82, 2.24) is 10.9 Å². The largest absolute Gasteiger partial charge is 0.315 e. The summed E-state index contributed by atoms with van der Waals surface area (Å²) in [5, 5.41) is 0. The van der Waals surface area contributed by atoms with Gasteiger partial charge in [-0.1, -0.05) is 0 Å². The molecule has 38 valence electrons. The fourth-order valence-corrected chi connectivity index (χ4v) is 0.228. The topological polar surface area (TPSA) is 50.1 Å². The molecule has 0 rings (SSSR count). The molecule has 1 atom stereocenters. The van der Waals surface area contributed by atoms with E-state index in [-0.39, 0.29) is 6.17 Å². The molecule has 3 heteroatoms. The fraction of sp³-hybridized carbons (Fsp3) is 1.00. The molecule has 0 aromatic heterocycles. The zero-order chi connectivity index (χ0) is 4.99. The molecule has 0 saturated heterocycles. The molecule has 4 N–H and O–H groups in total. The van der Waals surface area contributed by atoms with E-state index in [1.807, 2.05) is 6.92 Å². The van der Waals surface area contributed by atoms with Crippen molar-refractivity contribution in [2.45, 2.75) is 13.1 Å². The standard InChI is InChI=1S/C3H11N3/c1-3(4)6-5-2/h3,5-6H,4H2,1-2H3. The summed E-state index contributed by atoms with van der Waals surface area (Å²) in [5.74, 6) is 0. The molecular formula is C3H11N3. The number of nitrogens with one attached hydrogen (secondary N) is 2. The van der Waals surface area contributed by atoms with Crippen molar-refractivity contribution in [1.29, 1.82) is 0 Å². The van der Waals surface area contributed by atoms with E-state index in [2.05, 4.69) is 10.9 Å². The van der Waals surface area contributed by atoms with Gasteiger partial charge in [0, 0.05) is 0 Å². The van der Waals surface area contributed by atoms with Gasteiger partial charge in [-0.15, -0.1) is 0 Å². The van der Waals surface area contributed by atoms with Gasteiger partial charge in [-0.3, -0.25) is 5.43 Å². The predicted molar refractivity (Wildman–Crippen MR) is 25.8 cm³/mol. The molecular weight excluding hydrogens is 78.1 g/mol. The molecule has 0 aromatic carbocycles. The van der Waals surface area contributed by atoms with Gasteiger partial charge >= 0.3 is 0 Å². The Morgan fingerprint density at radius 2 is 2.17 bits per heavy atom. The van der Waals surface area contributed by atoms with Gasteiger partial charge in [0.1, 0.15) is 0 Å². The molecule has 0 radical (unpaired) electrons. The minimum absolute atomic E-state index is 0.0370. The summed E-state index contributed by atoms with van der Waals surface area (Å²) in [4.78, 5) is 0. The molecule has 0 bridgehead atoms. The van der Waals surface area contributed by atoms with Crippen LogP contribution < -0.4 is 16.6 Å². The molecule has 0 aliphatic heterocycles. The minimum Gasteiger partial charge on any atom is -0.315 e. The first-order valence-corrected chi connectivity index (χ1v) is 1.95. The number of nitrogens with two attached hydrogens (primary N) is 1. The van der Waals surface area contributed by atoms with Crippen molar-refractivity contribution in [2.75, 3.05) is 7.05 Å². The van der Waals surface area contributed by atoms with Crippen LogP contribution in [0.5, 0.6) is 0 Å². The van der Waals surface area contributed by atoms with Crippen molar-refractivity contribution >= 4 is 0 Å². The Kier molecular flexibility index (Phi) is 3.02. The van der Waals surface area contributed by atoms with Crippen molar-refractivity contribution < 1.29 is 0 Å². The van der Waals surface area contributed by atoms with Crippen LogP contribution >= 0.6 is 0 Å². The molecule has 0 aliphatic carbocycles. The van der Waals surface area contributed by atoms with Gasteiger partial charge in [-0.25, -0.2) is 5.43 Å². The summed E-state index contributed by atoms with van der Waals surface area (Å²) < 4.78 is 0. The highest BCUT2D eigenvalue weighted by atomic mass is 15.4. The van der Waals surface area contributed by atoms with Crippen LogP contribution in [-0.4, -0.2) is 13.2 Å². The predicted octanol–water partition coefficient (Wildman–Crippen LogP) is -0.985. The van der Waals surface area contributed by atoms with Crippen LogP contribution in [-0.2, 0) is 0 Å². The van der Waals surface area contributed by atoms with E-state index in [1.165, 1.54) is 0 Å². The van der Waals surface area contributed by atoms with Crippen LogP contribution in [0.3, 0.4) is 0 Å². The highest BCUT2D eigenvalue weighted by Gasteiger charge is 1.81. The quantitative estimate of drug-likeness (QED) is 0.301. The molecule has 6 heavy (non-hydrogen) atoms. The zero-order valence-electron chi connectivity index (χ0n) is 4.15. The summed E-state index contributed by atoms with van der Waals surface area (Å²) in [7, 11) is 1.78. The second-order valence-corrected chi connectivity index (χ2v) is 1.18. The summed E-state index contributed by atoms with van der Waals surface area (Å²) in [6.07, 6.45) is 0.0370.